The lowest BCUT2D eigenvalue weighted by molar-refractivity contribution is 0.125. The van der Waals surface area contributed by atoms with Gasteiger partial charge in [0.15, 0.2) is 0 Å². The van der Waals surface area contributed by atoms with Crippen molar-refractivity contribution >= 4 is 5.69 Å². The third kappa shape index (κ3) is 4.15. The average Bonchev–Trinajstić information content (AvgIpc) is 2.73. The summed E-state index contributed by atoms with van der Waals surface area (Å²) in [4.78, 5) is 2.05. The molecule has 0 aromatic heterocycles. The first-order valence-electron chi connectivity index (χ1n) is 9.92. The number of anilines is 1. The Morgan fingerprint density at radius 1 is 0.724 bits per heavy atom. The highest BCUT2D eigenvalue weighted by Crippen LogP contribution is 2.39. The minimum Gasteiger partial charge on any atom is -0.497 e. The van der Waals surface area contributed by atoms with Gasteiger partial charge in [0.25, 0.3) is 0 Å². The van der Waals surface area contributed by atoms with Gasteiger partial charge in [0.1, 0.15) is 11.4 Å². The molecule has 3 heteroatoms. The van der Waals surface area contributed by atoms with Crippen molar-refractivity contribution < 1.29 is 9.84 Å². The summed E-state index contributed by atoms with van der Waals surface area (Å²) in [7, 11) is 5.67. The van der Waals surface area contributed by atoms with Gasteiger partial charge in [-0.15, -0.1) is 0 Å². The molecule has 0 bridgehead atoms. The number of rotatable bonds is 5. The van der Waals surface area contributed by atoms with Gasteiger partial charge < -0.3 is 14.7 Å². The summed E-state index contributed by atoms with van der Waals surface area (Å²) >= 11 is 0. The van der Waals surface area contributed by atoms with Gasteiger partial charge in [-0.1, -0.05) is 69.3 Å². The maximum Gasteiger partial charge on any atom is 0.140 e. The first kappa shape index (κ1) is 20.9. The van der Waals surface area contributed by atoms with E-state index in [4.69, 9.17) is 4.74 Å². The van der Waals surface area contributed by atoms with Crippen LogP contribution in [0, 0.1) is 0 Å². The van der Waals surface area contributed by atoms with Crippen molar-refractivity contribution in [2.45, 2.75) is 31.8 Å². The summed E-state index contributed by atoms with van der Waals surface area (Å²) in [5, 5.41) is 12.2. The van der Waals surface area contributed by atoms with E-state index in [9.17, 15) is 5.11 Å². The molecule has 1 unspecified atom stereocenters. The summed E-state index contributed by atoms with van der Waals surface area (Å²) in [5.41, 5.74) is 3.50. The minimum atomic E-state index is -1.27. The Morgan fingerprint density at radius 3 is 1.72 bits per heavy atom. The largest absolute Gasteiger partial charge is 0.497 e. The number of benzene rings is 3. The van der Waals surface area contributed by atoms with Crippen LogP contribution in [0.1, 0.15) is 43.0 Å². The second-order valence-corrected chi connectivity index (χ2v) is 8.71. The predicted molar refractivity (Wildman–Crippen MR) is 121 cm³/mol. The Kier molecular flexibility index (Phi) is 5.72. The molecule has 0 fully saturated rings. The zero-order chi connectivity index (χ0) is 21.2. The van der Waals surface area contributed by atoms with Crippen molar-refractivity contribution in [1.29, 1.82) is 0 Å². The molecule has 0 aliphatic heterocycles. The minimum absolute atomic E-state index is 0.00833. The van der Waals surface area contributed by atoms with E-state index in [0.29, 0.717) is 0 Å². The third-order valence-corrected chi connectivity index (χ3v) is 5.46. The van der Waals surface area contributed by atoms with E-state index >= 15 is 0 Å². The normalized spacial score (nSPS) is 13.6. The number of hydrogen-bond donors (Lipinski definition) is 1. The molecule has 3 rings (SSSR count). The number of nitrogens with zero attached hydrogens (tertiary/aromatic N) is 1. The van der Waals surface area contributed by atoms with E-state index in [2.05, 4.69) is 37.8 Å². The first-order chi connectivity index (χ1) is 13.7. The molecule has 29 heavy (non-hydrogen) atoms. The van der Waals surface area contributed by atoms with Crippen molar-refractivity contribution in [2.75, 3.05) is 26.1 Å². The van der Waals surface area contributed by atoms with Gasteiger partial charge in [0.2, 0.25) is 0 Å². The lowest BCUT2D eigenvalue weighted by Gasteiger charge is -2.32. The van der Waals surface area contributed by atoms with Crippen molar-refractivity contribution in [3.8, 4) is 5.75 Å². The zero-order valence-corrected chi connectivity index (χ0v) is 18.2. The summed E-state index contributed by atoms with van der Waals surface area (Å²) in [6.45, 7) is 6.55. The average molecular weight is 390 g/mol. The van der Waals surface area contributed by atoms with E-state index in [1.807, 2.05) is 74.8 Å². The van der Waals surface area contributed by atoms with Crippen LogP contribution in [0.4, 0.5) is 5.69 Å². The van der Waals surface area contributed by atoms with Gasteiger partial charge in [-0.05, 0) is 51.9 Å². The molecule has 1 atom stereocenters. The van der Waals surface area contributed by atoms with Crippen molar-refractivity contribution in [3.63, 3.8) is 0 Å². The molecule has 152 valence electrons. The van der Waals surface area contributed by atoms with Gasteiger partial charge in [-0.2, -0.15) is 0 Å². The van der Waals surface area contributed by atoms with Crippen LogP contribution in [0.25, 0.3) is 0 Å². The molecule has 1 N–H and O–H groups in total. The SMILES string of the molecule is COc1ccc(C(O)(c2ccc(N(C)C)cc2)c2cccc(C(C)(C)C)c2)cc1. The lowest BCUT2D eigenvalue weighted by atomic mass is 9.77. The third-order valence-electron chi connectivity index (χ3n) is 5.46. The van der Waals surface area contributed by atoms with Crippen LogP contribution >= 0.6 is 0 Å². The quantitative estimate of drug-likeness (QED) is 0.598. The monoisotopic (exact) mass is 389 g/mol. The molecule has 3 aromatic rings. The zero-order valence-electron chi connectivity index (χ0n) is 18.2. The maximum absolute atomic E-state index is 12.2. The molecule has 3 nitrogen and oxygen atoms in total. The molecular formula is C26H31NO2. The van der Waals surface area contributed by atoms with E-state index in [-0.39, 0.29) is 5.41 Å². The topological polar surface area (TPSA) is 32.7 Å². The van der Waals surface area contributed by atoms with E-state index in [1.165, 1.54) is 5.56 Å². The van der Waals surface area contributed by atoms with Crippen molar-refractivity contribution in [3.05, 3.63) is 95.1 Å². The Labute approximate surface area is 174 Å². The Balaban J connectivity index is 2.21. The fourth-order valence-electron chi connectivity index (χ4n) is 3.54. The first-order valence-corrected chi connectivity index (χ1v) is 9.92. The highest BCUT2D eigenvalue weighted by molar-refractivity contribution is 5.53. The summed E-state index contributed by atoms with van der Waals surface area (Å²) in [6, 6.07) is 24.0. The summed E-state index contributed by atoms with van der Waals surface area (Å²) in [6.07, 6.45) is 0. The maximum atomic E-state index is 12.2. The van der Waals surface area contributed by atoms with Crippen LogP contribution in [-0.4, -0.2) is 26.3 Å². The molecular weight excluding hydrogens is 358 g/mol. The molecule has 0 saturated heterocycles. The fraction of sp³-hybridized carbons (Fsp3) is 0.308. The lowest BCUT2D eigenvalue weighted by Crippen LogP contribution is -2.29. The summed E-state index contributed by atoms with van der Waals surface area (Å²) in [5.74, 6) is 0.766. The van der Waals surface area contributed by atoms with E-state index in [1.54, 1.807) is 7.11 Å². The van der Waals surface area contributed by atoms with Crippen LogP contribution < -0.4 is 9.64 Å². The van der Waals surface area contributed by atoms with Crippen LogP contribution in [0.5, 0.6) is 5.75 Å². The second-order valence-electron chi connectivity index (χ2n) is 8.71. The highest BCUT2D eigenvalue weighted by Gasteiger charge is 2.34. The second kappa shape index (κ2) is 7.92. The Hall–Kier alpha value is -2.78. The molecule has 0 amide bonds. The van der Waals surface area contributed by atoms with Gasteiger partial charge in [-0.3, -0.25) is 0 Å². The molecule has 0 radical (unpaired) electrons. The van der Waals surface area contributed by atoms with Gasteiger partial charge in [0, 0.05) is 19.8 Å². The summed E-state index contributed by atoms with van der Waals surface area (Å²) < 4.78 is 5.31. The molecule has 0 spiro atoms. The van der Waals surface area contributed by atoms with Gasteiger partial charge in [0.05, 0.1) is 7.11 Å². The van der Waals surface area contributed by atoms with Crippen molar-refractivity contribution in [2.24, 2.45) is 0 Å². The van der Waals surface area contributed by atoms with Crippen LogP contribution in [-0.2, 0) is 11.0 Å². The molecule has 0 heterocycles. The van der Waals surface area contributed by atoms with Crippen LogP contribution in [0.3, 0.4) is 0 Å². The number of hydrogen-bond acceptors (Lipinski definition) is 3. The number of aliphatic hydroxyl groups is 1. The van der Waals surface area contributed by atoms with Gasteiger partial charge in [-0.25, -0.2) is 0 Å². The fourth-order valence-corrected chi connectivity index (χ4v) is 3.54. The predicted octanol–water partition coefficient (Wildman–Crippen LogP) is 5.34. The smallest absolute Gasteiger partial charge is 0.140 e. The molecule has 0 aliphatic carbocycles. The Bertz CT molecular complexity index is 953. The van der Waals surface area contributed by atoms with E-state index in [0.717, 1.165) is 28.1 Å². The standard InChI is InChI=1S/C26H31NO2/c1-25(2,3)21-8-7-9-22(18-21)26(28,20-12-16-24(29-6)17-13-20)19-10-14-23(15-11-19)27(4)5/h7-18,28H,1-6H3. The van der Waals surface area contributed by atoms with Gasteiger partial charge >= 0.3 is 0 Å². The highest BCUT2D eigenvalue weighted by atomic mass is 16.5. The van der Waals surface area contributed by atoms with Crippen LogP contribution in [0.2, 0.25) is 0 Å². The van der Waals surface area contributed by atoms with E-state index < -0.39 is 5.60 Å². The molecule has 3 aromatic carbocycles. The van der Waals surface area contributed by atoms with Crippen LogP contribution in [0.15, 0.2) is 72.8 Å². The number of ether oxygens (including phenoxy) is 1. The molecule has 0 saturated carbocycles. The number of methoxy groups -OCH3 is 1. The van der Waals surface area contributed by atoms with Crippen molar-refractivity contribution in [1.82, 2.24) is 0 Å². The Morgan fingerprint density at radius 2 is 1.24 bits per heavy atom. The molecule has 0 aliphatic rings.